The predicted octanol–water partition coefficient (Wildman–Crippen LogP) is 4.89. The van der Waals surface area contributed by atoms with Crippen molar-refractivity contribution in [2.24, 2.45) is 16.8 Å². The lowest BCUT2D eigenvalue weighted by Gasteiger charge is -2.50. The maximum Gasteiger partial charge on any atom is 0.332 e. The van der Waals surface area contributed by atoms with Gasteiger partial charge in [-0.3, -0.25) is 9.79 Å². The number of ketones is 1. The Balaban J connectivity index is 1.37. The number of halogens is 1. The van der Waals surface area contributed by atoms with Crippen molar-refractivity contribution in [3.05, 3.63) is 22.8 Å². The molecule has 0 aromatic heterocycles. The predicted molar refractivity (Wildman–Crippen MR) is 237 cm³/mol. The lowest BCUT2D eigenvalue weighted by molar-refractivity contribution is -0.260. The van der Waals surface area contributed by atoms with Gasteiger partial charge in [-0.05, 0) is 108 Å². The van der Waals surface area contributed by atoms with E-state index in [1.54, 1.807) is 6.92 Å². The van der Waals surface area contributed by atoms with E-state index in [4.69, 9.17) is 33.4 Å². The zero-order chi connectivity index (χ0) is 44.1. The van der Waals surface area contributed by atoms with Gasteiger partial charge in [0.1, 0.15) is 27.5 Å². The quantitative estimate of drug-likeness (QED) is 0.202. The van der Waals surface area contributed by atoms with Crippen molar-refractivity contribution in [3.8, 4) is 0 Å². The van der Waals surface area contributed by atoms with Crippen LogP contribution in [-0.4, -0.2) is 159 Å². The van der Waals surface area contributed by atoms with Gasteiger partial charge in [0.15, 0.2) is 35.4 Å². The SMILES string of the molecule is CO[C@H]1S(=O)C2=CC(=O)[C@](C)(O[C@H]3CC[C@H](N(C)C)[C@@H](C)O3)[C@H](O)CC/C(C)=C\[C@@H]3[C@@H](C)[C@](C)(Br)[C@@H](C[C@H]3O[C@H]3CC[C@H](N(C)C)[C@@H](C)O3)OC(=O)[C@@H]3CSC(=N3)[C@]1(C)N2. The van der Waals surface area contributed by atoms with Crippen LogP contribution in [-0.2, 0) is 48.8 Å². The highest BCUT2D eigenvalue weighted by atomic mass is 79.9. The molecule has 1 saturated carbocycles. The second-order valence-corrected chi connectivity index (χ2v) is 22.9. The number of alkyl halides is 1. The number of carbonyl (C=O) groups excluding carboxylic acids is 2. The van der Waals surface area contributed by atoms with E-state index in [2.05, 4.69) is 72.0 Å². The summed E-state index contributed by atoms with van der Waals surface area (Å²) in [6, 6.07) is -0.357. The van der Waals surface area contributed by atoms with Crippen LogP contribution in [0.5, 0.6) is 0 Å². The molecular weight excluding hydrogens is 877 g/mol. The summed E-state index contributed by atoms with van der Waals surface area (Å²) < 4.78 is 51.9. The Hall–Kier alpha value is -1.25. The number of thioether (sulfide) groups is 1. The highest BCUT2D eigenvalue weighted by Gasteiger charge is 2.56. The van der Waals surface area contributed by atoms with Gasteiger partial charge in [-0.15, -0.1) is 11.8 Å². The van der Waals surface area contributed by atoms with Crippen molar-refractivity contribution < 1.29 is 47.3 Å². The molecular formula is C43H69BrN4O10S2. The number of nitrogens with zero attached hydrogens (tertiary/aromatic N) is 3. The second-order valence-electron chi connectivity index (χ2n) is 18.7. The second kappa shape index (κ2) is 19.1. The van der Waals surface area contributed by atoms with E-state index in [0.29, 0.717) is 30.1 Å². The van der Waals surface area contributed by atoms with Crippen LogP contribution in [0.3, 0.4) is 0 Å². The Labute approximate surface area is 372 Å². The molecule has 0 aromatic carbocycles. The first-order valence-electron chi connectivity index (χ1n) is 21.5. The number of rotatable bonds is 7. The topological polar surface area (TPSA) is 158 Å². The number of hydrogen-bond acceptors (Lipinski definition) is 15. The van der Waals surface area contributed by atoms with E-state index >= 15 is 0 Å². The Morgan fingerprint density at radius 2 is 1.60 bits per heavy atom. The number of ether oxygens (including phenoxy) is 6. The molecule has 60 heavy (non-hydrogen) atoms. The van der Waals surface area contributed by atoms with Gasteiger partial charge in [0.25, 0.3) is 0 Å². The average molecular weight is 946 g/mol. The average Bonchev–Trinajstić information content (AvgIpc) is 3.77. The van der Waals surface area contributed by atoms with Gasteiger partial charge in [-0.25, -0.2) is 9.00 Å². The molecule has 17 heteroatoms. The molecule has 340 valence electrons. The third-order valence-electron chi connectivity index (χ3n) is 14.0. The molecule has 6 bridgehead atoms. The van der Waals surface area contributed by atoms with E-state index in [-0.39, 0.29) is 53.7 Å². The van der Waals surface area contributed by atoms with Gasteiger partial charge < -0.3 is 48.6 Å². The van der Waals surface area contributed by atoms with Crippen molar-refractivity contribution in [1.29, 1.82) is 0 Å². The Morgan fingerprint density at radius 1 is 0.983 bits per heavy atom. The first kappa shape index (κ1) is 48.2. The smallest absolute Gasteiger partial charge is 0.332 e. The van der Waals surface area contributed by atoms with Crippen LogP contribution < -0.4 is 5.32 Å². The minimum Gasteiger partial charge on any atom is -0.459 e. The number of fused-ring (bicyclic) bond motifs is 9. The molecule has 7 rings (SSSR count). The Kier molecular flexibility index (Phi) is 15.3. The van der Waals surface area contributed by atoms with Crippen molar-refractivity contribution in [2.75, 3.05) is 41.1 Å². The van der Waals surface area contributed by atoms with Crippen LogP contribution in [0.15, 0.2) is 27.7 Å². The van der Waals surface area contributed by atoms with Gasteiger partial charge in [0.05, 0.1) is 33.8 Å². The highest BCUT2D eigenvalue weighted by Crippen LogP contribution is 2.48. The summed E-state index contributed by atoms with van der Waals surface area (Å²) in [4.78, 5) is 37.8. The number of aliphatic imine (C=N–C) groups is 1. The molecule has 0 radical (unpaired) electrons. The Morgan fingerprint density at radius 3 is 2.20 bits per heavy atom. The number of esters is 1. The first-order chi connectivity index (χ1) is 28.1. The molecule has 0 spiro atoms. The van der Waals surface area contributed by atoms with Gasteiger partial charge in [-0.1, -0.05) is 34.5 Å². The molecule has 3 saturated heterocycles. The minimum absolute atomic E-state index is 0.0287. The largest absolute Gasteiger partial charge is 0.459 e. The monoisotopic (exact) mass is 944 g/mol. The summed E-state index contributed by atoms with van der Waals surface area (Å²) >= 11 is 5.40. The van der Waals surface area contributed by atoms with E-state index in [9.17, 15) is 18.9 Å². The number of aliphatic hydroxyl groups is 1. The summed E-state index contributed by atoms with van der Waals surface area (Å²) in [6.45, 7) is 13.7. The van der Waals surface area contributed by atoms with Crippen LogP contribution in [0.4, 0.5) is 0 Å². The molecule has 7 aliphatic rings. The molecule has 0 aromatic rings. The lowest BCUT2D eigenvalue weighted by Crippen LogP contribution is -2.56. The summed E-state index contributed by atoms with van der Waals surface area (Å²) in [5, 5.41) is 16.1. The van der Waals surface area contributed by atoms with Crippen LogP contribution in [0, 0.1) is 11.8 Å². The van der Waals surface area contributed by atoms with Crippen molar-refractivity contribution >= 4 is 55.3 Å². The highest BCUT2D eigenvalue weighted by molar-refractivity contribution is 9.10. The molecule has 2 N–H and O–H groups in total. The number of nitrogens with one attached hydrogen (secondary N) is 1. The number of carbonyl (C=O) groups is 2. The number of methoxy groups -OCH3 is 1. The summed E-state index contributed by atoms with van der Waals surface area (Å²) in [7, 11) is 7.78. The molecule has 6 aliphatic heterocycles. The van der Waals surface area contributed by atoms with Gasteiger partial charge in [-0.2, -0.15) is 0 Å². The molecule has 1 aliphatic carbocycles. The molecule has 14 nitrogen and oxygen atoms in total. The van der Waals surface area contributed by atoms with E-state index in [1.165, 1.54) is 24.9 Å². The molecule has 0 amide bonds. The molecule has 6 heterocycles. The van der Waals surface area contributed by atoms with E-state index in [0.717, 1.165) is 24.8 Å². The number of hydrogen-bond donors (Lipinski definition) is 2. The normalized spacial score (nSPS) is 46.7. The van der Waals surface area contributed by atoms with Gasteiger partial charge >= 0.3 is 5.97 Å². The summed E-state index contributed by atoms with van der Waals surface area (Å²) in [5.74, 6) is -0.853. The maximum absolute atomic E-state index is 14.6. The van der Waals surface area contributed by atoms with Gasteiger partial charge in [0, 0.05) is 49.8 Å². The van der Waals surface area contributed by atoms with Crippen molar-refractivity contribution in [2.45, 2.75) is 176 Å². The van der Waals surface area contributed by atoms with Crippen molar-refractivity contribution in [3.63, 3.8) is 0 Å². The number of likely N-dealkylation sites (N-methyl/N-ethyl adjacent to an activating group) is 2. The Bertz CT molecular complexity index is 1710. The van der Waals surface area contributed by atoms with E-state index in [1.807, 2.05) is 34.9 Å². The summed E-state index contributed by atoms with van der Waals surface area (Å²) in [5.41, 5.74) is -2.81. The van der Waals surface area contributed by atoms with Crippen LogP contribution in [0.2, 0.25) is 0 Å². The van der Waals surface area contributed by atoms with Crippen LogP contribution in [0.1, 0.15) is 93.4 Å². The fourth-order valence-electron chi connectivity index (χ4n) is 9.92. The fraction of sp³-hybridized carbons (Fsp3) is 0.837. The zero-order valence-corrected chi connectivity index (χ0v) is 40.7. The maximum atomic E-state index is 14.6. The lowest BCUT2D eigenvalue weighted by atomic mass is 9.69. The first-order valence-corrected chi connectivity index (χ1v) is 24.5. The van der Waals surface area contributed by atoms with Gasteiger partial charge in [0.2, 0.25) is 0 Å². The molecule has 4 fully saturated rings. The standard InChI is InChI=1S/C43H69BrN4O10S2/c1-23-13-16-32(49)43(7,58-37-18-15-30(48(10)11)26(4)55-37)33(50)21-35-46-42(6,40(53-12)60(35)52)39-45-28(22-59-39)38(51)57-34-20-31(27(19-23)24(2)41(34,5)44)56-36-17-14-29(47(8)9)25(3)54-36/h19,21,24-32,34,36-37,40,46,49H,13-18,20,22H2,1-12H3/b23-19-,35-21?/t24-,25-,26-,27-,28+,29+,30+,31-,32-,34-,36+,37+,40+,41+,42+,43-,60?/m1/s1. The number of allylic oxidation sites excluding steroid dienone is 1. The fourth-order valence-corrected chi connectivity index (χ4v) is 13.3. The third kappa shape index (κ3) is 9.71. The van der Waals surface area contributed by atoms with E-state index < -0.39 is 74.3 Å². The number of aliphatic hydroxyl groups excluding tert-OH is 1. The van der Waals surface area contributed by atoms with Crippen LogP contribution >= 0.6 is 27.7 Å². The van der Waals surface area contributed by atoms with Crippen molar-refractivity contribution in [1.82, 2.24) is 15.1 Å². The zero-order valence-electron chi connectivity index (χ0n) is 37.5. The third-order valence-corrected chi connectivity index (χ3v) is 18.2. The molecule has 17 atom stereocenters. The molecule has 1 unspecified atom stereocenters. The van der Waals surface area contributed by atoms with Crippen LogP contribution in [0.25, 0.3) is 0 Å². The summed E-state index contributed by atoms with van der Waals surface area (Å²) in [6.07, 6.45) is 4.01. The minimum atomic E-state index is -1.84.